The molecule has 1 aliphatic carbocycles. The Kier molecular flexibility index (Phi) is 7.00. The monoisotopic (exact) mass is 267 g/mol. The van der Waals surface area contributed by atoms with Crippen LogP contribution in [0, 0.1) is 5.92 Å². The molecule has 0 amide bonds. The highest BCUT2D eigenvalue weighted by atomic mass is 19.4. The summed E-state index contributed by atoms with van der Waals surface area (Å²) in [7, 11) is 0. The zero-order valence-electron chi connectivity index (χ0n) is 11.1. The molecule has 1 aliphatic rings. The molecule has 0 saturated heterocycles. The van der Waals surface area contributed by atoms with Crippen LogP contribution in [0.2, 0.25) is 0 Å². The van der Waals surface area contributed by atoms with Gasteiger partial charge in [-0.15, -0.1) is 0 Å². The molecule has 0 spiro atoms. The van der Waals surface area contributed by atoms with Gasteiger partial charge in [0.15, 0.2) is 0 Å². The summed E-state index contributed by atoms with van der Waals surface area (Å²) in [6, 6.07) is 0.373. The molecular weight excluding hydrogens is 243 g/mol. The lowest BCUT2D eigenvalue weighted by molar-refractivity contribution is -0.173. The summed E-state index contributed by atoms with van der Waals surface area (Å²) < 4.78 is 40.1. The summed E-state index contributed by atoms with van der Waals surface area (Å²) in [6.45, 7) is 1.59. The maximum atomic E-state index is 11.8. The number of halogens is 3. The fraction of sp³-hybridized carbons (Fsp3) is 1.00. The van der Waals surface area contributed by atoms with Crippen LogP contribution < -0.4 is 5.32 Å². The van der Waals surface area contributed by atoms with Crippen molar-refractivity contribution >= 4 is 0 Å². The summed E-state index contributed by atoms with van der Waals surface area (Å²) in [4.78, 5) is 0. The average molecular weight is 267 g/mol. The van der Waals surface area contributed by atoms with Crippen molar-refractivity contribution in [1.29, 1.82) is 0 Å². The summed E-state index contributed by atoms with van der Waals surface area (Å²) in [5, 5.41) is 3.27. The van der Waals surface area contributed by atoms with E-state index in [4.69, 9.17) is 0 Å². The molecule has 1 atom stereocenters. The molecule has 0 unspecified atom stereocenters. The first-order valence-electron chi connectivity index (χ1n) is 6.87. The smallest absolute Gasteiger partial charge is 0.371 e. The molecule has 1 fully saturated rings. The van der Waals surface area contributed by atoms with Crippen molar-refractivity contribution in [3.05, 3.63) is 0 Å². The molecule has 0 aromatic rings. The van der Waals surface area contributed by atoms with Crippen molar-refractivity contribution in [2.24, 2.45) is 5.92 Å². The third-order valence-corrected chi connectivity index (χ3v) is 3.59. The van der Waals surface area contributed by atoms with Gasteiger partial charge in [-0.05, 0) is 25.7 Å². The second-order valence-electron chi connectivity index (χ2n) is 5.16. The lowest BCUT2D eigenvalue weighted by Gasteiger charge is -2.23. The fourth-order valence-electron chi connectivity index (χ4n) is 2.52. The van der Waals surface area contributed by atoms with E-state index in [1.807, 2.05) is 0 Å². The zero-order valence-corrected chi connectivity index (χ0v) is 11.1. The number of rotatable bonds is 6. The van der Waals surface area contributed by atoms with E-state index >= 15 is 0 Å². The first kappa shape index (κ1) is 15.8. The fourth-order valence-corrected chi connectivity index (χ4v) is 2.52. The minimum atomic E-state index is -4.22. The van der Waals surface area contributed by atoms with Gasteiger partial charge in [0.25, 0.3) is 0 Å². The van der Waals surface area contributed by atoms with Crippen LogP contribution in [0.15, 0.2) is 0 Å². The van der Waals surface area contributed by atoms with Gasteiger partial charge >= 0.3 is 6.18 Å². The standard InChI is InChI=1S/C13H24F3NO/c1-11(12-6-4-2-3-5-7-12)17-8-9-18-10-13(14,15)16/h11-12,17H,2-10H2,1H3/t11-/m0/s1. The highest BCUT2D eigenvalue weighted by Gasteiger charge is 2.27. The first-order valence-corrected chi connectivity index (χ1v) is 6.87. The second kappa shape index (κ2) is 8.00. The van der Waals surface area contributed by atoms with E-state index < -0.39 is 12.8 Å². The zero-order chi connectivity index (χ0) is 13.4. The van der Waals surface area contributed by atoms with Gasteiger partial charge < -0.3 is 10.1 Å². The Morgan fingerprint density at radius 3 is 2.33 bits per heavy atom. The molecule has 0 aromatic heterocycles. The molecule has 1 N–H and O–H groups in total. The SMILES string of the molecule is C[C@H](NCCOCC(F)(F)F)C1CCCCCC1. The number of ether oxygens (including phenoxy) is 1. The summed E-state index contributed by atoms with van der Waals surface area (Å²) >= 11 is 0. The van der Waals surface area contributed by atoms with Gasteiger partial charge in [0.2, 0.25) is 0 Å². The van der Waals surface area contributed by atoms with E-state index in [-0.39, 0.29) is 6.61 Å². The van der Waals surface area contributed by atoms with Crippen molar-refractivity contribution in [3.8, 4) is 0 Å². The summed E-state index contributed by atoms with van der Waals surface area (Å²) in [5.74, 6) is 0.662. The third kappa shape index (κ3) is 7.21. The van der Waals surface area contributed by atoms with Crippen LogP contribution in [-0.2, 0) is 4.74 Å². The van der Waals surface area contributed by atoms with E-state index in [9.17, 15) is 13.2 Å². The molecule has 108 valence electrons. The molecule has 1 rings (SSSR count). The van der Waals surface area contributed by atoms with Crippen LogP contribution >= 0.6 is 0 Å². The van der Waals surface area contributed by atoms with Crippen LogP contribution in [-0.4, -0.2) is 32.0 Å². The molecule has 18 heavy (non-hydrogen) atoms. The van der Waals surface area contributed by atoms with Gasteiger partial charge in [0.05, 0.1) is 6.61 Å². The predicted octanol–water partition coefficient (Wildman–Crippen LogP) is 3.51. The van der Waals surface area contributed by atoms with E-state index in [1.54, 1.807) is 0 Å². The highest BCUT2D eigenvalue weighted by molar-refractivity contribution is 4.74. The molecule has 0 aliphatic heterocycles. The lowest BCUT2D eigenvalue weighted by atomic mass is 9.93. The van der Waals surface area contributed by atoms with Crippen molar-refractivity contribution in [3.63, 3.8) is 0 Å². The number of nitrogens with one attached hydrogen (secondary N) is 1. The Hall–Kier alpha value is -0.290. The van der Waals surface area contributed by atoms with Crippen LogP contribution in [0.4, 0.5) is 13.2 Å². The quantitative estimate of drug-likeness (QED) is 0.587. The highest BCUT2D eigenvalue weighted by Crippen LogP contribution is 2.25. The number of hydrogen-bond donors (Lipinski definition) is 1. The van der Waals surface area contributed by atoms with E-state index in [0.717, 1.165) is 0 Å². The van der Waals surface area contributed by atoms with Gasteiger partial charge in [-0.25, -0.2) is 0 Å². The van der Waals surface area contributed by atoms with Crippen molar-refractivity contribution in [1.82, 2.24) is 5.32 Å². The molecule has 1 saturated carbocycles. The normalized spacial score (nSPS) is 20.7. The minimum absolute atomic E-state index is 0.122. The van der Waals surface area contributed by atoms with Gasteiger partial charge in [-0.2, -0.15) is 13.2 Å². The lowest BCUT2D eigenvalue weighted by Crippen LogP contribution is -2.36. The molecular formula is C13H24F3NO. The van der Waals surface area contributed by atoms with Crippen molar-refractivity contribution in [2.45, 2.75) is 57.7 Å². The molecule has 2 nitrogen and oxygen atoms in total. The summed E-state index contributed by atoms with van der Waals surface area (Å²) in [6.07, 6.45) is 3.44. The Morgan fingerprint density at radius 1 is 1.17 bits per heavy atom. The Morgan fingerprint density at radius 2 is 1.78 bits per heavy atom. The van der Waals surface area contributed by atoms with Crippen LogP contribution in [0.3, 0.4) is 0 Å². The Balaban J connectivity index is 2.07. The van der Waals surface area contributed by atoms with Crippen molar-refractivity contribution in [2.75, 3.05) is 19.8 Å². The van der Waals surface area contributed by atoms with Crippen molar-refractivity contribution < 1.29 is 17.9 Å². The van der Waals surface area contributed by atoms with E-state index in [1.165, 1.54) is 38.5 Å². The minimum Gasteiger partial charge on any atom is -0.371 e. The molecule has 0 heterocycles. The van der Waals surface area contributed by atoms with Gasteiger partial charge in [-0.3, -0.25) is 0 Å². The predicted molar refractivity (Wildman–Crippen MR) is 65.5 cm³/mol. The van der Waals surface area contributed by atoms with Crippen LogP contribution in [0.5, 0.6) is 0 Å². The second-order valence-corrected chi connectivity index (χ2v) is 5.16. The molecule has 0 bridgehead atoms. The van der Waals surface area contributed by atoms with Crippen LogP contribution in [0.1, 0.15) is 45.4 Å². The Labute approximate surface area is 107 Å². The van der Waals surface area contributed by atoms with Gasteiger partial charge in [0, 0.05) is 12.6 Å². The average Bonchev–Trinajstić information content (AvgIpc) is 2.55. The largest absolute Gasteiger partial charge is 0.411 e. The maximum absolute atomic E-state index is 11.8. The maximum Gasteiger partial charge on any atom is 0.411 e. The molecule has 0 aromatic carbocycles. The number of alkyl halides is 3. The Bertz CT molecular complexity index is 213. The van der Waals surface area contributed by atoms with Gasteiger partial charge in [-0.1, -0.05) is 25.7 Å². The third-order valence-electron chi connectivity index (χ3n) is 3.59. The van der Waals surface area contributed by atoms with E-state index in [2.05, 4.69) is 17.0 Å². The topological polar surface area (TPSA) is 21.3 Å². The first-order chi connectivity index (χ1) is 8.49. The number of hydrogen-bond acceptors (Lipinski definition) is 2. The van der Waals surface area contributed by atoms with E-state index in [0.29, 0.717) is 18.5 Å². The summed E-state index contributed by atoms with van der Waals surface area (Å²) in [5.41, 5.74) is 0. The van der Waals surface area contributed by atoms with Gasteiger partial charge in [0.1, 0.15) is 6.61 Å². The van der Waals surface area contributed by atoms with Crippen LogP contribution in [0.25, 0.3) is 0 Å². The molecule has 0 radical (unpaired) electrons. The molecule has 5 heteroatoms.